The van der Waals surface area contributed by atoms with Crippen LogP contribution in [0.3, 0.4) is 0 Å². The summed E-state index contributed by atoms with van der Waals surface area (Å²) in [6, 6.07) is 10.9. The van der Waals surface area contributed by atoms with E-state index in [-0.39, 0.29) is 0 Å². The second kappa shape index (κ2) is 6.48. The lowest BCUT2D eigenvalue weighted by molar-refractivity contribution is 0.912. The zero-order valence-electron chi connectivity index (χ0n) is 14.8. The van der Waals surface area contributed by atoms with Crippen LogP contribution in [0.15, 0.2) is 36.5 Å². The normalized spacial score (nSPS) is 11.5. The molecule has 1 aromatic carbocycles. The highest BCUT2D eigenvalue weighted by atomic mass is 32.1. The number of rotatable bonds is 5. The van der Waals surface area contributed by atoms with E-state index in [1.807, 2.05) is 0 Å². The van der Waals surface area contributed by atoms with Crippen LogP contribution in [0.5, 0.6) is 0 Å². The molecule has 0 amide bonds. The average Bonchev–Trinajstić information content (AvgIpc) is 3.13. The van der Waals surface area contributed by atoms with Gasteiger partial charge < -0.3 is 9.72 Å². The van der Waals surface area contributed by atoms with Crippen molar-refractivity contribution in [2.75, 3.05) is 11.9 Å². The second-order valence-electron chi connectivity index (χ2n) is 6.43. The first-order valence-electron chi connectivity index (χ1n) is 8.71. The van der Waals surface area contributed by atoms with Gasteiger partial charge in [0.05, 0.1) is 15.9 Å². The number of aromatic nitrogens is 3. The van der Waals surface area contributed by atoms with Crippen LogP contribution < -0.4 is 5.32 Å². The fourth-order valence-corrected chi connectivity index (χ4v) is 4.17. The molecule has 4 aromatic rings. The molecule has 1 N–H and O–H groups in total. The van der Waals surface area contributed by atoms with Gasteiger partial charge in [0.25, 0.3) is 0 Å². The van der Waals surface area contributed by atoms with Crippen LogP contribution in [-0.2, 0) is 12.8 Å². The van der Waals surface area contributed by atoms with E-state index in [2.05, 4.69) is 72.0 Å². The van der Waals surface area contributed by atoms with Crippen LogP contribution in [0, 0.1) is 13.8 Å². The van der Waals surface area contributed by atoms with Gasteiger partial charge in [0.15, 0.2) is 5.13 Å². The highest BCUT2D eigenvalue weighted by Crippen LogP contribution is 2.27. The largest absolute Gasteiger partial charge is 0.362 e. The SMILES string of the molecule is CCNc1nc2ccc(CCc3nc4cc(C)ccn4c3C)cc2s1. The molecular weight excluding hydrogens is 328 g/mol. The smallest absolute Gasteiger partial charge is 0.183 e. The summed E-state index contributed by atoms with van der Waals surface area (Å²) < 4.78 is 3.42. The molecule has 0 aliphatic rings. The Kier molecular flexibility index (Phi) is 4.17. The summed E-state index contributed by atoms with van der Waals surface area (Å²) in [5.41, 5.74) is 7.12. The first kappa shape index (κ1) is 16.1. The molecule has 0 fully saturated rings. The van der Waals surface area contributed by atoms with Crippen LogP contribution in [0.25, 0.3) is 15.9 Å². The van der Waals surface area contributed by atoms with E-state index < -0.39 is 0 Å². The Labute approximate surface area is 151 Å². The third-order valence-electron chi connectivity index (χ3n) is 4.55. The van der Waals surface area contributed by atoms with Crippen LogP contribution in [0.4, 0.5) is 5.13 Å². The average molecular weight is 350 g/mol. The van der Waals surface area contributed by atoms with Crippen molar-refractivity contribution in [3.63, 3.8) is 0 Å². The Bertz CT molecular complexity index is 1040. The number of hydrogen-bond donors (Lipinski definition) is 1. The summed E-state index contributed by atoms with van der Waals surface area (Å²) in [6.07, 6.45) is 4.06. The van der Waals surface area contributed by atoms with E-state index in [4.69, 9.17) is 4.98 Å². The molecule has 0 bridgehead atoms. The number of benzene rings is 1. The molecule has 0 aliphatic carbocycles. The molecule has 4 rings (SSSR count). The third kappa shape index (κ3) is 3.12. The van der Waals surface area contributed by atoms with Gasteiger partial charge in [-0.2, -0.15) is 0 Å². The van der Waals surface area contributed by atoms with E-state index in [9.17, 15) is 0 Å². The first-order valence-corrected chi connectivity index (χ1v) is 9.53. The van der Waals surface area contributed by atoms with Gasteiger partial charge in [-0.25, -0.2) is 9.97 Å². The van der Waals surface area contributed by atoms with Crippen molar-refractivity contribution in [2.24, 2.45) is 0 Å². The van der Waals surface area contributed by atoms with Gasteiger partial charge in [0.1, 0.15) is 5.65 Å². The molecule has 25 heavy (non-hydrogen) atoms. The minimum absolute atomic E-state index is 0.902. The number of aryl methyl sites for hydroxylation is 4. The molecule has 4 nitrogen and oxygen atoms in total. The molecule has 3 aromatic heterocycles. The van der Waals surface area contributed by atoms with Crippen LogP contribution >= 0.6 is 11.3 Å². The number of nitrogens with one attached hydrogen (secondary N) is 1. The van der Waals surface area contributed by atoms with Crippen LogP contribution in [0.2, 0.25) is 0 Å². The van der Waals surface area contributed by atoms with Crippen molar-refractivity contribution < 1.29 is 0 Å². The van der Waals surface area contributed by atoms with Crippen molar-refractivity contribution in [1.29, 1.82) is 0 Å². The maximum Gasteiger partial charge on any atom is 0.183 e. The lowest BCUT2D eigenvalue weighted by Crippen LogP contribution is -1.95. The monoisotopic (exact) mass is 350 g/mol. The van der Waals surface area contributed by atoms with E-state index in [1.54, 1.807) is 11.3 Å². The standard InChI is InChI=1S/C20H22N4S/c1-4-21-20-23-17-8-6-15(12-18(17)25-20)5-7-16-14(3)24-10-9-13(2)11-19(24)22-16/h6,8-12H,4-5,7H2,1-3H3,(H,21,23). The lowest BCUT2D eigenvalue weighted by atomic mass is 10.1. The van der Waals surface area contributed by atoms with E-state index in [1.165, 1.54) is 27.2 Å². The number of imidazole rings is 1. The summed E-state index contributed by atoms with van der Waals surface area (Å²) in [6.45, 7) is 7.25. The molecule has 0 unspecified atom stereocenters. The van der Waals surface area contributed by atoms with Crippen LogP contribution in [-0.4, -0.2) is 20.9 Å². The van der Waals surface area contributed by atoms with Crippen molar-refractivity contribution in [3.05, 3.63) is 59.0 Å². The first-order chi connectivity index (χ1) is 12.1. The Hall–Kier alpha value is -2.40. The highest BCUT2D eigenvalue weighted by molar-refractivity contribution is 7.22. The third-order valence-corrected chi connectivity index (χ3v) is 5.53. The highest BCUT2D eigenvalue weighted by Gasteiger charge is 2.09. The topological polar surface area (TPSA) is 42.2 Å². The number of anilines is 1. The summed E-state index contributed by atoms with van der Waals surface area (Å²) in [5, 5.41) is 4.30. The zero-order chi connectivity index (χ0) is 17.4. The van der Waals surface area contributed by atoms with Crippen molar-refractivity contribution in [2.45, 2.75) is 33.6 Å². The molecule has 0 radical (unpaired) electrons. The predicted octanol–water partition coefficient (Wildman–Crippen LogP) is 4.78. The summed E-state index contributed by atoms with van der Waals surface area (Å²) in [5.74, 6) is 0. The Morgan fingerprint density at radius 2 is 1.96 bits per heavy atom. The summed E-state index contributed by atoms with van der Waals surface area (Å²) in [7, 11) is 0. The van der Waals surface area contributed by atoms with Crippen molar-refractivity contribution >= 4 is 32.3 Å². The molecule has 0 aliphatic heterocycles. The summed E-state index contributed by atoms with van der Waals surface area (Å²) >= 11 is 1.72. The number of pyridine rings is 1. The number of fused-ring (bicyclic) bond motifs is 2. The van der Waals surface area contributed by atoms with Gasteiger partial charge in [-0.3, -0.25) is 0 Å². The Morgan fingerprint density at radius 1 is 1.08 bits per heavy atom. The van der Waals surface area contributed by atoms with E-state index in [0.29, 0.717) is 0 Å². The van der Waals surface area contributed by atoms with Crippen LogP contribution in [0.1, 0.15) is 29.4 Å². The fraction of sp³-hybridized carbons (Fsp3) is 0.300. The molecule has 5 heteroatoms. The molecule has 0 saturated carbocycles. The van der Waals surface area contributed by atoms with E-state index in [0.717, 1.165) is 35.7 Å². The zero-order valence-corrected chi connectivity index (χ0v) is 15.7. The maximum atomic E-state index is 4.82. The molecule has 0 spiro atoms. The molecule has 128 valence electrons. The van der Waals surface area contributed by atoms with Crippen molar-refractivity contribution in [3.8, 4) is 0 Å². The Morgan fingerprint density at radius 3 is 2.80 bits per heavy atom. The van der Waals surface area contributed by atoms with Gasteiger partial charge in [-0.1, -0.05) is 17.4 Å². The predicted molar refractivity (Wildman–Crippen MR) is 106 cm³/mol. The van der Waals surface area contributed by atoms with Gasteiger partial charge in [0, 0.05) is 18.4 Å². The second-order valence-corrected chi connectivity index (χ2v) is 7.46. The number of hydrogen-bond acceptors (Lipinski definition) is 4. The molecule has 0 atom stereocenters. The number of thiazole rings is 1. The molecular formula is C20H22N4S. The van der Waals surface area contributed by atoms with Gasteiger partial charge in [-0.05, 0) is 69.0 Å². The van der Waals surface area contributed by atoms with Gasteiger partial charge >= 0.3 is 0 Å². The van der Waals surface area contributed by atoms with Crippen molar-refractivity contribution in [1.82, 2.24) is 14.4 Å². The molecule has 3 heterocycles. The number of nitrogens with zero attached hydrogens (tertiary/aromatic N) is 3. The van der Waals surface area contributed by atoms with E-state index >= 15 is 0 Å². The summed E-state index contributed by atoms with van der Waals surface area (Å²) in [4.78, 5) is 9.43. The van der Waals surface area contributed by atoms with Gasteiger partial charge in [-0.15, -0.1) is 0 Å². The molecule has 0 saturated heterocycles. The quantitative estimate of drug-likeness (QED) is 0.563. The lowest BCUT2D eigenvalue weighted by Gasteiger charge is -2.01. The fourth-order valence-electron chi connectivity index (χ4n) is 3.17. The minimum atomic E-state index is 0.902. The van der Waals surface area contributed by atoms with Gasteiger partial charge in [0.2, 0.25) is 0 Å². The Balaban J connectivity index is 1.56. The maximum absolute atomic E-state index is 4.82. The minimum Gasteiger partial charge on any atom is -0.362 e.